The van der Waals surface area contributed by atoms with E-state index in [0.717, 1.165) is 0 Å². The maximum atomic E-state index is 12.7. The Morgan fingerprint density at radius 3 is 2.46 bits per heavy atom. The molecule has 0 saturated carbocycles. The summed E-state index contributed by atoms with van der Waals surface area (Å²) < 4.78 is 5.67. The minimum atomic E-state index is -0.472. The van der Waals surface area contributed by atoms with Gasteiger partial charge in [0.25, 0.3) is 5.91 Å². The lowest BCUT2D eigenvalue weighted by atomic mass is 10.1. The van der Waals surface area contributed by atoms with Gasteiger partial charge in [0.05, 0.1) is 41.2 Å². The topological polar surface area (TPSA) is 136 Å². The average molecular weight is 493 g/mol. The third-order valence-electron chi connectivity index (χ3n) is 4.61. The van der Waals surface area contributed by atoms with Crippen LogP contribution in [0.1, 0.15) is 17.3 Å². The lowest BCUT2D eigenvalue weighted by Gasteiger charge is -2.17. The van der Waals surface area contributed by atoms with Crippen molar-refractivity contribution in [3.05, 3.63) is 71.9 Å². The number of benzene rings is 1. The number of hydrogen-bond donors (Lipinski definition) is 3. The average Bonchev–Trinajstić information content (AvgIpc) is 2.88. The highest BCUT2D eigenvalue weighted by Crippen LogP contribution is 2.37. The minimum absolute atomic E-state index is 0.244. The van der Waals surface area contributed by atoms with Gasteiger partial charge < -0.3 is 15.4 Å². The van der Waals surface area contributed by atoms with Gasteiger partial charge in [0, 0.05) is 37.1 Å². The molecule has 0 fully saturated rings. The third-order valence-corrected chi connectivity index (χ3v) is 4.81. The third kappa shape index (κ3) is 5.78. The number of hydrogen-bond acceptors (Lipinski definition) is 10. The Morgan fingerprint density at radius 1 is 0.971 bits per heavy atom. The lowest BCUT2D eigenvalue weighted by Crippen LogP contribution is -2.24. The molecule has 0 radical (unpaired) electrons. The molecule has 12 heteroatoms. The monoisotopic (exact) mass is 492 g/mol. The fourth-order valence-corrected chi connectivity index (χ4v) is 3.20. The summed E-state index contributed by atoms with van der Waals surface area (Å²) >= 11 is 5.93. The Balaban J connectivity index is 1.73. The van der Waals surface area contributed by atoms with Gasteiger partial charge in [0.2, 0.25) is 5.95 Å². The number of para-hydroxylation sites is 1. The van der Waals surface area contributed by atoms with E-state index in [1.54, 1.807) is 37.5 Å². The van der Waals surface area contributed by atoms with Crippen molar-refractivity contribution in [1.29, 1.82) is 0 Å². The zero-order valence-electron chi connectivity index (χ0n) is 18.8. The van der Waals surface area contributed by atoms with Crippen LogP contribution in [0.4, 0.5) is 23.1 Å². The van der Waals surface area contributed by atoms with Gasteiger partial charge in [0.1, 0.15) is 5.82 Å². The second kappa shape index (κ2) is 11.2. The van der Waals surface area contributed by atoms with Crippen LogP contribution in [0, 0.1) is 0 Å². The Kier molecular flexibility index (Phi) is 7.60. The van der Waals surface area contributed by atoms with Crippen LogP contribution in [-0.2, 0) is 4.84 Å². The Bertz CT molecular complexity index is 1310. The van der Waals surface area contributed by atoms with Gasteiger partial charge in [-0.25, -0.2) is 30.4 Å². The summed E-state index contributed by atoms with van der Waals surface area (Å²) in [5.74, 6) is 1.21. The van der Waals surface area contributed by atoms with E-state index in [1.165, 1.54) is 25.7 Å². The van der Waals surface area contributed by atoms with Crippen LogP contribution in [0.5, 0.6) is 5.75 Å². The summed E-state index contributed by atoms with van der Waals surface area (Å²) in [6.45, 7) is 2.07. The minimum Gasteiger partial charge on any atom is -0.494 e. The quantitative estimate of drug-likeness (QED) is 0.292. The van der Waals surface area contributed by atoms with Crippen molar-refractivity contribution >= 4 is 40.6 Å². The van der Waals surface area contributed by atoms with Crippen LogP contribution in [-0.4, -0.2) is 44.5 Å². The van der Waals surface area contributed by atoms with E-state index in [9.17, 15) is 4.79 Å². The van der Waals surface area contributed by atoms with Crippen molar-refractivity contribution in [2.75, 3.05) is 24.4 Å². The predicted octanol–water partition coefficient (Wildman–Crippen LogP) is 4.16. The molecule has 35 heavy (non-hydrogen) atoms. The molecule has 3 N–H and O–H groups in total. The summed E-state index contributed by atoms with van der Waals surface area (Å²) in [6, 6.07) is 8.80. The van der Waals surface area contributed by atoms with Gasteiger partial charge >= 0.3 is 0 Å². The Hall–Kier alpha value is -4.35. The normalized spacial score (nSPS) is 10.5. The maximum Gasteiger partial charge on any atom is 0.278 e. The highest BCUT2D eigenvalue weighted by molar-refractivity contribution is 6.30. The van der Waals surface area contributed by atoms with Gasteiger partial charge in [-0.3, -0.25) is 9.63 Å². The summed E-state index contributed by atoms with van der Waals surface area (Å²) in [7, 11) is 1.54. The molecular weight excluding hydrogens is 472 g/mol. The van der Waals surface area contributed by atoms with Crippen molar-refractivity contribution in [2.24, 2.45) is 0 Å². The number of nitrogens with zero attached hydrogens (tertiary/aromatic N) is 5. The molecule has 0 aliphatic carbocycles. The molecule has 3 heterocycles. The van der Waals surface area contributed by atoms with Gasteiger partial charge in [-0.05, 0) is 25.1 Å². The van der Waals surface area contributed by atoms with Gasteiger partial charge in [-0.1, -0.05) is 17.7 Å². The van der Waals surface area contributed by atoms with E-state index in [4.69, 9.17) is 21.2 Å². The Labute approximate surface area is 205 Å². The first kappa shape index (κ1) is 23.8. The second-order valence-corrected chi connectivity index (χ2v) is 7.35. The standard InChI is InChI=1S/C23H21ClN8O3/c1-3-35-32-22(33)16-13-27-19(31-23-25-8-5-9-26-23)10-18(16)30-17-7-4-6-15(20(17)34-2)21-28-11-14(24)12-29-21/h4-13H,3H2,1-2H3,(H,32,33)(H2,25,26,27,30,31). The number of aromatic nitrogens is 5. The number of nitrogens with one attached hydrogen (secondary N) is 3. The summed E-state index contributed by atoms with van der Waals surface area (Å²) in [5, 5.41) is 6.69. The van der Waals surface area contributed by atoms with Crippen LogP contribution in [0.15, 0.2) is 61.3 Å². The van der Waals surface area contributed by atoms with Crippen molar-refractivity contribution in [2.45, 2.75) is 6.92 Å². The van der Waals surface area contributed by atoms with Crippen LogP contribution in [0.25, 0.3) is 11.4 Å². The molecule has 0 spiro atoms. The van der Waals surface area contributed by atoms with Crippen molar-refractivity contribution in [3.63, 3.8) is 0 Å². The second-order valence-electron chi connectivity index (χ2n) is 6.91. The molecule has 0 aliphatic rings. The molecule has 4 rings (SSSR count). The largest absolute Gasteiger partial charge is 0.494 e. The maximum absolute atomic E-state index is 12.7. The number of carbonyl (C=O) groups excluding carboxylic acids is 1. The molecule has 3 aromatic heterocycles. The zero-order valence-corrected chi connectivity index (χ0v) is 19.6. The number of pyridine rings is 1. The zero-order chi connectivity index (χ0) is 24.6. The number of ether oxygens (including phenoxy) is 1. The number of halogens is 1. The molecular formula is C23H21ClN8O3. The molecule has 1 amide bonds. The van der Waals surface area contributed by atoms with Crippen LogP contribution in [0.2, 0.25) is 5.02 Å². The molecule has 11 nitrogen and oxygen atoms in total. The predicted molar refractivity (Wildman–Crippen MR) is 131 cm³/mol. The van der Waals surface area contributed by atoms with E-state index >= 15 is 0 Å². The van der Waals surface area contributed by atoms with E-state index in [2.05, 4.69) is 41.0 Å². The number of carbonyl (C=O) groups is 1. The highest BCUT2D eigenvalue weighted by atomic mass is 35.5. The van der Waals surface area contributed by atoms with Gasteiger partial charge in [-0.2, -0.15) is 0 Å². The lowest BCUT2D eigenvalue weighted by molar-refractivity contribution is 0.0365. The van der Waals surface area contributed by atoms with Crippen molar-refractivity contribution in [1.82, 2.24) is 30.4 Å². The van der Waals surface area contributed by atoms with Crippen molar-refractivity contribution in [3.8, 4) is 17.1 Å². The number of anilines is 4. The highest BCUT2D eigenvalue weighted by Gasteiger charge is 2.18. The Morgan fingerprint density at radius 2 is 1.74 bits per heavy atom. The molecule has 4 aromatic rings. The molecule has 0 bridgehead atoms. The first-order chi connectivity index (χ1) is 17.1. The van der Waals surface area contributed by atoms with Crippen LogP contribution < -0.4 is 20.9 Å². The number of amides is 1. The SMILES string of the molecule is CCONC(=O)c1cnc(Nc2ncccn2)cc1Nc1cccc(-c2ncc(Cl)cn2)c1OC. The van der Waals surface area contributed by atoms with Gasteiger partial charge in [0.15, 0.2) is 11.6 Å². The van der Waals surface area contributed by atoms with E-state index < -0.39 is 5.91 Å². The molecule has 0 unspecified atom stereocenters. The molecule has 0 saturated heterocycles. The molecule has 0 atom stereocenters. The molecule has 178 valence electrons. The van der Waals surface area contributed by atoms with Gasteiger partial charge in [-0.15, -0.1) is 0 Å². The van der Waals surface area contributed by atoms with E-state index in [0.29, 0.717) is 51.9 Å². The molecule has 0 aliphatic heterocycles. The first-order valence-electron chi connectivity index (χ1n) is 10.5. The fraction of sp³-hybridized carbons (Fsp3) is 0.130. The van der Waals surface area contributed by atoms with E-state index in [1.807, 2.05) is 12.1 Å². The first-order valence-corrected chi connectivity index (χ1v) is 10.8. The number of hydroxylamine groups is 1. The summed E-state index contributed by atoms with van der Waals surface area (Å²) in [4.78, 5) is 39.0. The van der Waals surface area contributed by atoms with Crippen molar-refractivity contribution < 1.29 is 14.4 Å². The number of methoxy groups -OCH3 is 1. The summed E-state index contributed by atoms with van der Waals surface area (Å²) in [5.41, 5.74) is 4.27. The van der Waals surface area contributed by atoms with E-state index in [-0.39, 0.29) is 5.56 Å². The van der Waals surface area contributed by atoms with Crippen LogP contribution in [0.3, 0.4) is 0 Å². The van der Waals surface area contributed by atoms with Crippen LogP contribution >= 0.6 is 11.6 Å². The fourth-order valence-electron chi connectivity index (χ4n) is 3.11. The number of rotatable bonds is 9. The summed E-state index contributed by atoms with van der Waals surface area (Å²) in [6.07, 6.45) is 7.64. The smallest absolute Gasteiger partial charge is 0.278 e. The molecule has 1 aromatic carbocycles.